The topological polar surface area (TPSA) is 57.4 Å². The van der Waals surface area contributed by atoms with Crippen LogP contribution in [0.15, 0.2) is 12.4 Å². The van der Waals surface area contributed by atoms with Crippen molar-refractivity contribution in [2.75, 3.05) is 0 Å². The second-order valence-corrected chi connectivity index (χ2v) is 3.63. The Morgan fingerprint density at radius 2 is 2.27 bits per heavy atom. The first-order valence-electron chi connectivity index (χ1n) is 4.41. The maximum Gasteiger partial charge on any atom is 0.134 e. The molecular weight excluding hydrogens is 212 g/mol. The summed E-state index contributed by atoms with van der Waals surface area (Å²) in [6, 6.07) is 2.11. The van der Waals surface area contributed by atoms with Crippen LogP contribution in [0.1, 0.15) is 11.3 Å². The Labute approximate surface area is 92.1 Å². The summed E-state index contributed by atoms with van der Waals surface area (Å²) in [4.78, 5) is 2.89. The lowest BCUT2D eigenvalue weighted by atomic mass is 10.1. The highest BCUT2D eigenvalue weighted by molar-refractivity contribution is 6.32. The summed E-state index contributed by atoms with van der Waals surface area (Å²) in [5, 5.41) is 13.7. The molecule has 2 rings (SSSR count). The van der Waals surface area contributed by atoms with Gasteiger partial charge in [0.1, 0.15) is 11.2 Å². The van der Waals surface area contributed by atoms with Crippen molar-refractivity contribution >= 4 is 11.6 Å². The molecule has 0 saturated heterocycles. The van der Waals surface area contributed by atoms with E-state index in [-0.39, 0.29) is 0 Å². The van der Waals surface area contributed by atoms with Gasteiger partial charge < -0.3 is 4.98 Å². The van der Waals surface area contributed by atoms with Crippen LogP contribution in [-0.4, -0.2) is 14.8 Å². The van der Waals surface area contributed by atoms with Gasteiger partial charge in [0.15, 0.2) is 0 Å². The summed E-state index contributed by atoms with van der Waals surface area (Å²) >= 11 is 6.11. The number of hydrogen-bond donors (Lipinski definition) is 1. The van der Waals surface area contributed by atoms with E-state index in [1.807, 2.05) is 6.92 Å². The van der Waals surface area contributed by atoms with Crippen molar-refractivity contribution in [1.82, 2.24) is 14.8 Å². The highest BCUT2D eigenvalue weighted by Crippen LogP contribution is 2.32. The molecule has 0 fully saturated rings. The van der Waals surface area contributed by atoms with E-state index in [1.54, 1.807) is 24.1 Å². The molecule has 4 nitrogen and oxygen atoms in total. The van der Waals surface area contributed by atoms with Crippen LogP contribution in [-0.2, 0) is 7.05 Å². The number of nitrogens with one attached hydrogen (secondary N) is 1. The van der Waals surface area contributed by atoms with Gasteiger partial charge in [-0.1, -0.05) is 11.6 Å². The molecule has 5 heteroatoms. The van der Waals surface area contributed by atoms with Gasteiger partial charge in [0.05, 0.1) is 11.3 Å². The normalized spacial score (nSPS) is 10.3. The standard InChI is InChI=1S/C10H9ClN4/c1-6-9(10(11)15(2)14-6)8-5-13-4-7(8)3-12/h4-5,13H,1-2H3. The van der Waals surface area contributed by atoms with Crippen molar-refractivity contribution in [1.29, 1.82) is 5.26 Å². The van der Waals surface area contributed by atoms with E-state index in [0.29, 0.717) is 10.7 Å². The number of aromatic amines is 1. The van der Waals surface area contributed by atoms with E-state index in [2.05, 4.69) is 16.2 Å². The molecule has 0 atom stereocenters. The summed E-state index contributed by atoms with van der Waals surface area (Å²) in [6.07, 6.45) is 3.41. The zero-order chi connectivity index (χ0) is 11.0. The van der Waals surface area contributed by atoms with Crippen LogP contribution in [0.5, 0.6) is 0 Å². The molecule has 0 radical (unpaired) electrons. The number of nitriles is 1. The number of hydrogen-bond acceptors (Lipinski definition) is 2. The molecule has 0 aliphatic heterocycles. The van der Waals surface area contributed by atoms with Gasteiger partial charge in [0.25, 0.3) is 0 Å². The molecule has 76 valence electrons. The summed E-state index contributed by atoms with van der Waals surface area (Å²) in [5.74, 6) is 0. The van der Waals surface area contributed by atoms with Crippen molar-refractivity contribution in [3.05, 3.63) is 28.8 Å². The molecule has 0 bridgehead atoms. The van der Waals surface area contributed by atoms with Crippen molar-refractivity contribution in [2.24, 2.45) is 7.05 Å². The predicted octanol–water partition coefficient (Wildman–Crippen LogP) is 2.25. The zero-order valence-electron chi connectivity index (χ0n) is 8.37. The highest BCUT2D eigenvalue weighted by Gasteiger charge is 2.16. The predicted molar refractivity (Wildman–Crippen MR) is 57.5 cm³/mol. The molecule has 0 aromatic carbocycles. The molecule has 0 spiro atoms. The maximum atomic E-state index is 8.92. The lowest BCUT2D eigenvalue weighted by Crippen LogP contribution is -1.89. The van der Waals surface area contributed by atoms with Gasteiger partial charge >= 0.3 is 0 Å². The van der Waals surface area contributed by atoms with Crippen molar-refractivity contribution in [2.45, 2.75) is 6.92 Å². The Morgan fingerprint density at radius 1 is 1.53 bits per heavy atom. The number of rotatable bonds is 1. The molecule has 0 saturated carbocycles. The van der Waals surface area contributed by atoms with E-state index < -0.39 is 0 Å². The van der Waals surface area contributed by atoms with E-state index >= 15 is 0 Å². The minimum Gasteiger partial charge on any atom is -0.366 e. The average Bonchev–Trinajstić information content (AvgIpc) is 2.73. The second kappa shape index (κ2) is 3.44. The Hall–Kier alpha value is -1.73. The van der Waals surface area contributed by atoms with E-state index in [4.69, 9.17) is 16.9 Å². The number of H-pyrrole nitrogens is 1. The van der Waals surface area contributed by atoms with Crippen LogP contribution in [0.3, 0.4) is 0 Å². The molecule has 0 unspecified atom stereocenters. The summed E-state index contributed by atoms with van der Waals surface area (Å²) < 4.78 is 1.60. The number of aromatic nitrogens is 3. The molecule has 2 aromatic rings. The minimum absolute atomic E-state index is 0.545. The Balaban J connectivity index is 2.70. The van der Waals surface area contributed by atoms with Gasteiger partial charge in [0, 0.05) is 30.6 Å². The van der Waals surface area contributed by atoms with E-state index in [1.165, 1.54) is 0 Å². The number of halogens is 1. The fraction of sp³-hybridized carbons (Fsp3) is 0.200. The number of aryl methyl sites for hydroxylation is 2. The van der Waals surface area contributed by atoms with E-state index in [9.17, 15) is 0 Å². The SMILES string of the molecule is Cc1nn(C)c(Cl)c1-c1c[nH]cc1C#N. The zero-order valence-corrected chi connectivity index (χ0v) is 9.13. The highest BCUT2D eigenvalue weighted by atomic mass is 35.5. The molecule has 0 aliphatic carbocycles. The molecule has 2 aromatic heterocycles. The fourth-order valence-electron chi connectivity index (χ4n) is 1.60. The van der Waals surface area contributed by atoms with E-state index in [0.717, 1.165) is 16.8 Å². The second-order valence-electron chi connectivity index (χ2n) is 3.27. The smallest absolute Gasteiger partial charge is 0.134 e. The van der Waals surface area contributed by atoms with Gasteiger partial charge in [-0.3, -0.25) is 4.68 Å². The van der Waals surface area contributed by atoms with Crippen LogP contribution in [0.25, 0.3) is 11.1 Å². The van der Waals surface area contributed by atoms with Gasteiger partial charge in [-0.05, 0) is 6.92 Å². The first kappa shape index (κ1) is 9.81. The first-order chi connectivity index (χ1) is 7.15. The number of nitrogens with zero attached hydrogens (tertiary/aromatic N) is 3. The third-order valence-corrected chi connectivity index (χ3v) is 2.72. The molecule has 0 amide bonds. The molecular formula is C10H9ClN4. The quantitative estimate of drug-likeness (QED) is 0.802. The summed E-state index contributed by atoms with van der Waals surface area (Å²) in [6.45, 7) is 1.87. The average molecular weight is 221 g/mol. The van der Waals surface area contributed by atoms with Gasteiger partial charge in [-0.15, -0.1) is 0 Å². The van der Waals surface area contributed by atoms with Gasteiger partial charge in [0.2, 0.25) is 0 Å². The molecule has 0 aliphatic rings. The molecule has 15 heavy (non-hydrogen) atoms. The van der Waals surface area contributed by atoms with Gasteiger partial charge in [-0.25, -0.2) is 0 Å². The van der Waals surface area contributed by atoms with Crippen LogP contribution < -0.4 is 0 Å². The first-order valence-corrected chi connectivity index (χ1v) is 4.79. The Bertz CT molecular complexity index is 544. The van der Waals surface area contributed by atoms with Crippen molar-refractivity contribution in [3.63, 3.8) is 0 Å². The van der Waals surface area contributed by atoms with Crippen LogP contribution in [0.2, 0.25) is 5.15 Å². The maximum absolute atomic E-state index is 8.92. The molecule has 1 N–H and O–H groups in total. The summed E-state index contributed by atoms with van der Waals surface area (Å²) in [7, 11) is 1.78. The largest absolute Gasteiger partial charge is 0.366 e. The minimum atomic E-state index is 0.545. The Morgan fingerprint density at radius 3 is 2.80 bits per heavy atom. The summed E-state index contributed by atoms with van der Waals surface area (Å²) in [5.41, 5.74) is 3.01. The van der Waals surface area contributed by atoms with Crippen LogP contribution >= 0.6 is 11.6 Å². The van der Waals surface area contributed by atoms with Crippen molar-refractivity contribution < 1.29 is 0 Å². The van der Waals surface area contributed by atoms with Crippen LogP contribution in [0.4, 0.5) is 0 Å². The lowest BCUT2D eigenvalue weighted by molar-refractivity contribution is 0.757. The monoisotopic (exact) mass is 220 g/mol. The van der Waals surface area contributed by atoms with Crippen molar-refractivity contribution in [3.8, 4) is 17.2 Å². The van der Waals surface area contributed by atoms with Gasteiger partial charge in [-0.2, -0.15) is 10.4 Å². The third-order valence-electron chi connectivity index (χ3n) is 2.29. The lowest BCUT2D eigenvalue weighted by Gasteiger charge is -1.97. The third kappa shape index (κ3) is 1.41. The Kier molecular flexibility index (Phi) is 2.25. The van der Waals surface area contributed by atoms with Crippen LogP contribution in [0, 0.1) is 18.3 Å². The fourth-order valence-corrected chi connectivity index (χ4v) is 1.88. The molecule has 2 heterocycles.